The normalized spacial score (nSPS) is 10.6. The van der Waals surface area contributed by atoms with E-state index in [-0.39, 0.29) is 18.1 Å². The van der Waals surface area contributed by atoms with Crippen molar-refractivity contribution in [3.8, 4) is 5.75 Å². The minimum Gasteiger partial charge on any atom is -0.508 e. The summed E-state index contributed by atoms with van der Waals surface area (Å²) in [6.07, 6.45) is 0.137. The standard InChI is InChI=1S/C15H12N2O3/c18-11-7-5-10(6-8-11)16-15(19)9-13-12-3-1-2-4-14(12)20-17-13/h1-8,18H,9H2,(H,16,19). The van der Waals surface area contributed by atoms with Crippen LogP contribution in [0.1, 0.15) is 5.69 Å². The topological polar surface area (TPSA) is 75.4 Å². The van der Waals surface area contributed by atoms with Gasteiger partial charge in [0, 0.05) is 11.1 Å². The maximum Gasteiger partial charge on any atom is 0.230 e. The summed E-state index contributed by atoms with van der Waals surface area (Å²) >= 11 is 0. The lowest BCUT2D eigenvalue weighted by atomic mass is 10.1. The van der Waals surface area contributed by atoms with Crippen LogP contribution in [-0.2, 0) is 11.2 Å². The second-order valence-electron chi connectivity index (χ2n) is 4.40. The fourth-order valence-electron chi connectivity index (χ4n) is 1.97. The lowest BCUT2D eigenvalue weighted by Crippen LogP contribution is -2.14. The molecule has 0 saturated carbocycles. The summed E-state index contributed by atoms with van der Waals surface area (Å²) in [6, 6.07) is 13.7. The molecular weight excluding hydrogens is 256 g/mol. The van der Waals surface area contributed by atoms with Crippen LogP contribution in [-0.4, -0.2) is 16.2 Å². The molecule has 2 aromatic carbocycles. The molecule has 0 aliphatic heterocycles. The first-order valence-corrected chi connectivity index (χ1v) is 6.14. The Morgan fingerprint density at radius 1 is 1.15 bits per heavy atom. The molecule has 0 unspecified atom stereocenters. The highest BCUT2D eigenvalue weighted by Crippen LogP contribution is 2.19. The van der Waals surface area contributed by atoms with E-state index in [4.69, 9.17) is 4.52 Å². The molecule has 1 amide bonds. The molecule has 5 nitrogen and oxygen atoms in total. The van der Waals surface area contributed by atoms with Crippen LogP contribution in [0.3, 0.4) is 0 Å². The number of aromatic nitrogens is 1. The first-order chi connectivity index (χ1) is 9.72. The molecule has 0 spiro atoms. The fourth-order valence-corrected chi connectivity index (χ4v) is 1.97. The first-order valence-electron chi connectivity index (χ1n) is 6.14. The average molecular weight is 268 g/mol. The van der Waals surface area contributed by atoms with E-state index in [1.807, 2.05) is 24.3 Å². The number of hydrogen-bond acceptors (Lipinski definition) is 4. The Balaban J connectivity index is 1.74. The number of phenolic OH excluding ortho intramolecular Hbond substituents is 1. The van der Waals surface area contributed by atoms with Crippen molar-refractivity contribution in [2.75, 3.05) is 5.32 Å². The van der Waals surface area contributed by atoms with Crippen molar-refractivity contribution in [3.05, 3.63) is 54.2 Å². The maximum atomic E-state index is 12.0. The molecule has 3 rings (SSSR count). The number of hydrogen-bond donors (Lipinski definition) is 2. The molecule has 100 valence electrons. The van der Waals surface area contributed by atoms with Gasteiger partial charge in [-0.05, 0) is 36.4 Å². The van der Waals surface area contributed by atoms with Gasteiger partial charge in [-0.2, -0.15) is 0 Å². The number of carbonyl (C=O) groups is 1. The first kappa shape index (κ1) is 12.2. The molecule has 1 heterocycles. The Kier molecular flexibility index (Phi) is 3.09. The number of rotatable bonds is 3. The Morgan fingerprint density at radius 2 is 1.90 bits per heavy atom. The number of aromatic hydroxyl groups is 1. The van der Waals surface area contributed by atoms with Crippen molar-refractivity contribution in [2.24, 2.45) is 0 Å². The molecule has 5 heteroatoms. The van der Waals surface area contributed by atoms with Crippen molar-refractivity contribution in [1.29, 1.82) is 0 Å². The molecule has 0 saturated heterocycles. The average Bonchev–Trinajstić information content (AvgIpc) is 2.85. The Bertz CT molecular complexity index is 747. The van der Waals surface area contributed by atoms with Gasteiger partial charge in [-0.1, -0.05) is 17.3 Å². The Hall–Kier alpha value is -2.82. The van der Waals surface area contributed by atoms with E-state index in [1.165, 1.54) is 12.1 Å². The SMILES string of the molecule is O=C(Cc1noc2ccccc12)Nc1ccc(O)cc1. The summed E-state index contributed by atoms with van der Waals surface area (Å²) < 4.78 is 5.15. The zero-order chi connectivity index (χ0) is 13.9. The van der Waals surface area contributed by atoms with Gasteiger partial charge in [-0.25, -0.2) is 0 Å². The Labute approximate surface area is 114 Å². The van der Waals surface area contributed by atoms with Gasteiger partial charge < -0.3 is 14.9 Å². The zero-order valence-electron chi connectivity index (χ0n) is 10.5. The number of nitrogens with one attached hydrogen (secondary N) is 1. The highest BCUT2D eigenvalue weighted by molar-refractivity contribution is 5.94. The number of nitrogens with zero attached hydrogens (tertiary/aromatic N) is 1. The summed E-state index contributed by atoms with van der Waals surface area (Å²) in [5, 5.41) is 16.7. The summed E-state index contributed by atoms with van der Waals surface area (Å²) in [6.45, 7) is 0. The third-order valence-electron chi connectivity index (χ3n) is 2.93. The number of phenols is 1. The van der Waals surface area contributed by atoms with E-state index in [9.17, 15) is 9.90 Å². The molecule has 0 aliphatic rings. The van der Waals surface area contributed by atoms with Gasteiger partial charge in [0.15, 0.2) is 5.58 Å². The van der Waals surface area contributed by atoms with E-state index in [0.29, 0.717) is 17.0 Å². The smallest absolute Gasteiger partial charge is 0.230 e. The predicted molar refractivity (Wildman–Crippen MR) is 74.4 cm³/mol. The number of fused-ring (bicyclic) bond motifs is 1. The summed E-state index contributed by atoms with van der Waals surface area (Å²) in [5.74, 6) is -0.0276. The van der Waals surface area contributed by atoms with Crippen molar-refractivity contribution < 1.29 is 14.4 Å². The monoisotopic (exact) mass is 268 g/mol. The van der Waals surface area contributed by atoms with Crippen LogP contribution in [0.25, 0.3) is 11.0 Å². The summed E-state index contributed by atoms with van der Waals surface area (Å²) in [4.78, 5) is 12.0. The van der Waals surface area contributed by atoms with Gasteiger partial charge in [-0.3, -0.25) is 4.79 Å². The van der Waals surface area contributed by atoms with Gasteiger partial charge in [0.2, 0.25) is 5.91 Å². The van der Waals surface area contributed by atoms with E-state index >= 15 is 0 Å². The highest BCUT2D eigenvalue weighted by Gasteiger charge is 2.12. The molecule has 3 aromatic rings. The third-order valence-corrected chi connectivity index (χ3v) is 2.93. The van der Waals surface area contributed by atoms with Gasteiger partial charge in [0.05, 0.1) is 6.42 Å². The van der Waals surface area contributed by atoms with Crippen molar-refractivity contribution in [2.45, 2.75) is 6.42 Å². The zero-order valence-corrected chi connectivity index (χ0v) is 10.5. The molecule has 0 radical (unpaired) electrons. The van der Waals surface area contributed by atoms with Crippen LogP contribution in [0.4, 0.5) is 5.69 Å². The number of carbonyl (C=O) groups excluding carboxylic acids is 1. The van der Waals surface area contributed by atoms with Crippen molar-refractivity contribution >= 4 is 22.6 Å². The van der Waals surface area contributed by atoms with Crippen molar-refractivity contribution in [1.82, 2.24) is 5.16 Å². The van der Waals surface area contributed by atoms with Crippen LogP contribution in [0, 0.1) is 0 Å². The third kappa shape index (κ3) is 2.47. The van der Waals surface area contributed by atoms with Crippen molar-refractivity contribution in [3.63, 3.8) is 0 Å². The van der Waals surface area contributed by atoms with E-state index in [1.54, 1.807) is 12.1 Å². The predicted octanol–water partition coefficient (Wildman–Crippen LogP) is 2.71. The van der Waals surface area contributed by atoms with Crippen LogP contribution in [0.15, 0.2) is 53.1 Å². The van der Waals surface area contributed by atoms with E-state index in [0.717, 1.165) is 5.39 Å². The molecule has 0 bridgehead atoms. The van der Waals surface area contributed by atoms with E-state index < -0.39 is 0 Å². The second kappa shape index (κ2) is 5.05. The molecule has 1 aromatic heterocycles. The van der Waals surface area contributed by atoms with Gasteiger partial charge in [-0.15, -0.1) is 0 Å². The largest absolute Gasteiger partial charge is 0.508 e. The van der Waals surface area contributed by atoms with E-state index in [2.05, 4.69) is 10.5 Å². The number of amides is 1. The minimum absolute atomic E-state index is 0.137. The quantitative estimate of drug-likeness (QED) is 0.716. The Morgan fingerprint density at radius 3 is 2.70 bits per heavy atom. The summed E-state index contributed by atoms with van der Waals surface area (Å²) in [5.41, 5.74) is 1.90. The number of para-hydroxylation sites is 1. The van der Waals surface area contributed by atoms with Crippen LogP contribution in [0.5, 0.6) is 5.75 Å². The van der Waals surface area contributed by atoms with Gasteiger partial charge in [0.1, 0.15) is 11.4 Å². The molecule has 20 heavy (non-hydrogen) atoms. The summed E-state index contributed by atoms with van der Waals surface area (Å²) in [7, 11) is 0. The molecule has 0 atom stereocenters. The molecule has 0 aliphatic carbocycles. The van der Waals surface area contributed by atoms with Gasteiger partial charge in [0.25, 0.3) is 0 Å². The lowest BCUT2D eigenvalue weighted by Gasteiger charge is -2.03. The van der Waals surface area contributed by atoms with Gasteiger partial charge >= 0.3 is 0 Å². The molecular formula is C15H12N2O3. The molecule has 2 N–H and O–H groups in total. The van der Waals surface area contributed by atoms with Crippen LogP contribution < -0.4 is 5.32 Å². The van der Waals surface area contributed by atoms with Crippen LogP contribution >= 0.6 is 0 Å². The number of benzene rings is 2. The lowest BCUT2D eigenvalue weighted by molar-refractivity contribution is -0.115. The second-order valence-corrected chi connectivity index (χ2v) is 4.40. The van der Waals surface area contributed by atoms with Crippen LogP contribution in [0.2, 0.25) is 0 Å². The minimum atomic E-state index is -0.185. The number of anilines is 1. The highest BCUT2D eigenvalue weighted by atomic mass is 16.5. The fraction of sp³-hybridized carbons (Fsp3) is 0.0667. The molecule has 0 fully saturated rings. The maximum absolute atomic E-state index is 12.0.